The van der Waals surface area contributed by atoms with Crippen LogP contribution in [-0.4, -0.2) is 55.2 Å². The first-order valence-corrected chi connectivity index (χ1v) is 14.4. The molecule has 3 aliphatic carbocycles. The van der Waals surface area contributed by atoms with E-state index in [-0.39, 0.29) is 22.8 Å². The molecule has 1 amide bonds. The average Bonchev–Trinajstić information content (AvgIpc) is 3.73. The van der Waals surface area contributed by atoms with E-state index in [4.69, 9.17) is 4.74 Å². The van der Waals surface area contributed by atoms with Crippen molar-refractivity contribution in [3.05, 3.63) is 22.9 Å². The van der Waals surface area contributed by atoms with E-state index in [1.165, 1.54) is 19.8 Å². The molecular formula is C25H35F3N2O5S. The van der Waals surface area contributed by atoms with Gasteiger partial charge in [-0.1, -0.05) is 12.8 Å². The summed E-state index contributed by atoms with van der Waals surface area (Å²) in [5, 5.41) is 12.3. The SMILES string of the molecule is COc1nc(C(F)(F)F)cc(C)c1C(=O)NC(CO)C1CC(CC2CC2)CCC1S(=O)(=O)CC1CC1. The predicted molar refractivity (Wildman–Crippen MR) is 127 cm³/mol. The van der Waals surface area contributed by atoms with Crippen LogP contribution in [0.15, 0.2) is 6.07 Å². The van der Waals surface area contributed by atoms with Gasteiger partial charge in [0.15, 0.2) is 9.84 Å². The molecule has 7 nitrogen and oxygen atoms in total. The summed E-state index contributed by atoms with van der Waals surface area (Å²) in [7, 11) is -2.30. The number of aromatic nitrogens is 1. The number of amides is 1. The molecule has 3 fully saturated rings. The summed E-state index contributed by atoms with van der Waals surface area (Å²) in [5.74, 6) is -0.381. The maximum atomic E-state index is 13.3. The van der Waals surface area contributed by atoms with Crippen molar-refractivity contribution in [2.75, 3.05) is 19.5 Å². The monoisotopic (exact) mass is 532 g/mol. The minimum Gasteiger partial charge on any atom is -0.480 e. The average molecular weight is 533 g/mol. The number of sulfone groups is 1. The highest BCUT2D eigenvalue weighted by molar-refractivity contribution is 7.92. The fraction of sp³-hybridized carbons (Fsp3) is 0.760. The van der Waals surface area contributed by atoms with Gasteiger partial charge >= 0.3 is 6.18 Å². The van der Waals surface area contributed by atoms with Crippen LogP contribution < -0.4 is 10.1 Å². The lowest BCUT2D eigenvalue weighted by atomic mass is 9.75. The Morgan fingerprint density at radius 3 is 2.36 bits per heavy atom. The molecule has 0 spiro atoms. The van der Waals surface area contributed by atoms with Gasteiger partial charge < -0.3 is 15.2 Å². The lowest BCUT2D eigenvalue weighted by Crippen LogP contribution is -2.52. The highest BCUT2D eigenvalue weighted by Gasteiger charge is 2.45. The van der Waals surface area contributed by atoms with Gasteiger partial charge in [0.2, 0.25) is 5.88 Å². The number of hydrogen-bond donors (Lipinski definition) is 2. The second-order valence-corrected chi connectivity index (χ2v) is 13.1. The predicted octanol–water partition coefficient (Wildman–Crippen LogP) is 3.92. The minimum atomic E-state index is -4.71. The molecule has 202 valence electrons. The number of carbonyl (C=O) groups excluding carboxylic acids is 1. The molecule has 11 heteroatoms. The maximum absolute atomic E-state index is 13.3. The van der Waals surface area contributed by atoms with Gasteiger partial charge in [0.05, 0.1) is 30.8 Å². The maximum Gasteiger partial charge on any atom is 0.433 e. The molecule has 2 N–H and O–H groups in total. The third-order valence-electron chi connectivity index (χ3n) is 7.86. The van der Waals surface area contributed by atoms with Crippen molar-refractivity contribution in [1.29, 1.82) is 0 Å². The van der Waals surface area contributed by atoms with Gasteiger partial charge in [-0.25, -0.2) is 13.4 Å². The van der Waals surface area contributed by atoms with Crippen LogP contribution in [0.1, 0.15) is 73.0 Å². The van der Waals surface area contributed by atoms with E-state index in [0.29, 0.717) is 24.7 Å². The molecular weight excluding hydrogens is 497 g/mol. The van der Waals surface area contributed by atoms with Gasteiger partial charge in [0, 0.05) is 0 Å². The van der Waals surface area contributed by atoms with Crippen LogP contribution in [0.4, 0.5) is 13.2 Å². The highest BCUT2D eigenvalue weighted by atomic mass is 32.2. The van der Waals surface area contributed by atoms with Crippen molar-refractivity contribution in [3.8, 4) is 5.88 Å². The number of pyridine rings is 1. The summed E-state index contributed by atoms with van der Waals surface area (Å²) in [4.78, 5) is 16.7. The van der Waals surface area contributed by atoms with Crippen molar-refractivity contribution < 1.29 is 36.2 Å². The van der Waals surface area contributed by atoms with Crippen LogP contribution in [0.2, 0.25) is 0 Å². The fourth-order valence-corrected chi connectivity index (χ4v) is 8.22. The summed E-state index contributed by atoms with van der Waals surface area (Å²) < 4.78 is 71.2. The molecule has 4 atom stereocenters. The third kappa shape index (κ3) is 6.33. The minimum absolute atomic E-state index is 0.0246. The molecule has 3 saturated carbocycles. The molecule has 1 aromatic heterocycles. The molecule has 0 bridgehead atoms. The molecule has 36 heavy (non-hydrogen) atoms. The van der Waals surface area contributed by atoms with Crippen LogP contribution in [-0.2, 0) is 16.0 Å². The van der Waals surface area contributed by atoms with Crippen LogP contribution in [0.25, 0.3) is 0 Å². The second kappa shape index (κ2) is 10.5. The molecule has 3 aliphatic rings. The fourth-order valence-electron chi connectivity index (χ4n) is 5.65. The van der Waals surface area contributed by atoms with E-state index in [1.807, 2.05) is 0 Å². The Labute approximate surface area is 210 Å². The van der Waals surface area contributed by atoms with E-state index in [2.05, 4.69) is 10.3 Å². The van der Waals surface area contributed by atoms with Crippen LogP contribution in [0.5, 0.6) is 5.88 Å². The standard InChI is InChI=1S/C25H35F3N2O5S/c1-14-9-21(25(26,27)28)30-24(35-2)22(14)23(32)29-19(12-31)18-11-17(10-15-3-4-15)7-8-20(18)36(33,34)13-16-5-6-16/h9,15-20,31H,3-8,10-13H2,1-2H3,(H,29,32). The van der Waals surface area contributed by atoms with Crippen molar-refractivity contribution >= 4 is 15.7 Å². The zero-order chi connectivity index (χ0) is 26.3. The highest BCUT2D eigenvalue weighted by Crippen LogP contribution is 2.44. The lowest BCUT2D eigenvalue weighted by molar-refractivity contribution is -0.141. The number of alkyl halides is 3. The summed E-state index contributed by atoms with van der Waals surface area (Å²) >= 11 is 0. The Hall–Kier alpha value is -1.88. The number of aliphatic hydroxyl groups excluding tert-OH is 1. The quantitative estimate of drug-likeness (QED) is 0.473. The van der Waals surface area contributed by atoms with Crippen molar-refractivity contribution in [3.63, 3.8) is 0 Å². The first kappa shape index (κ1) is 27.2. The number of aryl methyl sites for hydroxylation is 1. The number of ether oxygens (including phenoxy) is 1. The lowest BCUT2D eigenvalue weighted by Gasteiger charge is -2.40. The zero-order valence-electron chi connectivity index (χ0n) is 20.7. The van der Waals surface area contributed by atoms with Gasteiger partial charge in [0.25, 0.3) is 5.91 Å². The Morgan fingerprint density at radius 1 is 1.17 bits per heavy atom. The van der Waals surface area contributed by atoms with E-state index in [0.717, 1.165) is 38.9 Å². The van der Waals surface area contributed by atoms with Gasteiger partial charge in [-0.3, -0.25) is 4.79 Å². The molecule has 0 radical (unpaired) electrons. The van der Waals surface area contributed by atoms with Gasteiger partial charge in [-0.05, 0) is 80.8 Å². The molecule has 4 unspecified atom stereocenters. The summed E-state index contributed by atoms with van der Waals surface area (Å²) in [6.45, 7) is 0.884. The summed E-state index contributed by atoms with van der Waals surface area (Å²) in [5.41, 5.74) is -1.31. The number of methoxy groups -OCH3 is 1. The van der Waals surface area contributed by atoms with E-state index in [1.54, 1.807) is 0 Å². The van der Waals surface area contributed by atoms with Crippen molar-refractivity contribution in [1.82, 2.24) is 10.3 Å². The van der Waals surface area contributed by atoms with Crippen LogP contribution >= 0.6 is 0 Å². The van der Waals surface area contributed by atoms with Crippen LogP contribution in [0.3, 0.4) is 0 Å². The molecule has 0 aromatic carbocycles. The molecule has 4 rings (SSSR count). The zero-order valence-corrected chi connectivity index (χ0v) is 21.5. The normalized spacial score (nSPS) is 25.9. The largest absolute Gasteiger partial charge is 0.480 e. The van der Waals surface area contributed by atoms with Gasteiger partial charge in [-0.15, -0.1) is 0 Å². The Balaban J connectivity index is 1.58. The van der Waals surface area contributed by atoms with E-state index in [9.17, 15) is 31.5 Å². The number of nitrogens with zero attached hydrogens (tertiary/aromatic N) is 1. The Kier molecular flexibility index (Phi) is 7.90. The van der Waals surface area contributed by atoms with Crippen molar-refractivity contribution in [2.45, 2.75) is 75.8 Å². The van der Waals surface area contributed by atoms with E-state index >= 15 is 0 Å². The first-order valence-electron chi connectivity index (χ1n) is 12.7. The summed E-state index contributed by atoms with van der Waals surface area (Å²) in [6, 6.07) is -0.0783. The first-order chi connectivity index (χ1) is 16.9. The number of carbonyl (C=O) groups is 1. The van der Waals surface area contributed by atoms with Gasteiger partial charge in [0.1, 0.15) is 11.3 Å². The molecule has 0 saturated heterocycles. The molecule has 0 aliphatic heterocycles. The van der Waals surface area contributed by atoms with Crippen LogP contribution in [0, 0.1) is 30.6 Å². The Morgan fingerprint density at radius 2 is 1.81 bits per heavy atom. The van der Waals surface area contributed by atoms with Gasteiger partial charge in [-0.2, -0.15) is 13.2 Å². The number of nitrogens with one attached hydrogen (secondary N) is 1. The number of halogens is 3. The topological polar surface area (TPSA) is 106 Å². The number of aliphatic hydroxyl groups is 1. The summed E-state index contributed by atoms with van der Waals surface area (Å²) in [6.07, 6.45) is 2.38. The third-order valence-corrected chi connectivity index (χ3v) is 10.3. The smallest absolute Gasteiger partial charge is 0.433 e. The Bertz CT molecular complexity index is 1070. The van der Waals surface area contributed by atoms with Crippen molar-refractivity contribution in [2.24, 2.45) is 23.7 Å². The molecule has 1 aromatic rings. The number of hydrogen-bond acceptors (Lipinski definition) is 6. The molecule has 1 heterocycles. The number of rotatable bonds is 10. The second-order valence-electron chi connectivity index (χ2n) is 10.8. The van der Waals surface area contributed by atoms with E-state index < -0.39 is 57.3 Å².